The minimum Gasteiger partial charge on any atom is -0.374 e. The van der Waals surface area contributed by atoms with Crippen LogP contribution in [0.5, 0.6) is 0 Å². The lowest BCUT2D eigenvalue weighted by molar-refractivity contribution is -0.140. The highest BCUT2D eigenvalue weighted by molar-refractivity contribution is 6.05. The van der Waals surface area contributed by atoms with Gasteiger partial charge in [-0.1, -0.05) is 42.5 Å². The minimum atomic E-state index is -0.131. The van der Waals surface area contributed by atoms with E-state index in [0.29, 0.717) is 32.4 Å². The molecule has 1 aliphatic carbocycles. The van der Waals surface area contributed by atoms with Crippen LogP contribution >= 0.6 is 0 Å². The third-order valence-electron chi connectivity index (χ3n) is 4.74. The Morgan fingerprint density at radius 1 is 1.09 bits per heavy atom. The van der Waals surface area contributed by atoms with Gasteiger partial charge in [0.25, 0.3) is 0 Å². The Morgan fingerprint density at radius 2 is 1.70 bits per heavy atom. The first kappa shape index (κ1) is 15.9. The van der Waals surface area contributed by atoms with Gasteiger partial charge >= 0.3 is 0 Å². The van der Waals surface area contributed by atoms with Gasteiger partial charge in [0, 0.05) is 6.54 Å². The molecule has 1 fully saturated rings. The summed E-state index contributed by atoms with van der Waals surface area (Å²) in [5, 5.41) is 0. The van der Waals surface area contributed by atoms with Crippen molar-refractivity contribution in [3.63, 3.8) is 0 Å². The highest BCUT2D eigenvalue weighted by atomic mass is 16.5. The molecule has 0 N–H and O–H groups in total. The fraction of sp³-hybridized carbons (Fsp3) is 0.474. The molecule has 0 aromatic heterocycles. The van der Waals surface area contributed by atoms with Gasteiger partial charge in [-0.15, -0.1) is 0 Å². The summed E-state index contributed by atoms with van der Waals surface area (Å²) < 4.78 is 5.82. The van der Waals surface area contributed by atoms with Crippen LogP contribution in [0.1, 0.15) is 31.7 Å². The number of carbonyl (C=O) groups is 2. The second kappa shape index (κ2) is 7.09. The number of amides is 2. The zero-order chi connectivity index (χ0) is 16.2. The SMILES string of the molecule is C[C@@H](CCN1C(=O)[C@H]2CC=CC[C@H]2C1=O)OCc1ccccc1. The van der Waals surface area contributed by atoms with Crippen molar-refractivity contribution >= 4 is 11.8 Å². The predicted octanol–water partition coefficient (Wildman–Crippen LogP) is 2.93. The molecule has 2 amide bonds. The van der Waals surface area contributed by atoms with Gasteiger partial charge in [0.05, 0.1) is 24.5 Å². The van der Waals surface area contributed by atoms with Gasteiger partial charge in [0.15, 0.2) is 0 Å². The summed E-state index contributed by atoms with van der Waals surface area (Å²) in [5.74, 6) is -0.264. The van der Waals surface area contributed by atoms with E-state index in [4.69, 9.17) is 4.74 Å². The molecule has 4 heteroatoms. The average molecular weight is 313 g/mol. The Morgan fingerprint density at radius 3 is 2.30 bits per heavy atom. The minimum absolute atomic E-state index is 0.000362. The van der Waals surface area contributed by atoms with Gasteiger partial charge < -0.3 is 4.74 Å². The Labute approximate surface area is 137 Å². The lowest BCUT2D eigenvalue weighted by Crippen LogP contribution is -2.33. The third-order valence-corrected chi connectivity index (χ3v) is 4.74. The molecular formula is C19H23NO3. The zero-order valence-corrected chi connectivity index (χ0v) is 13.5. The molecule has 2 aliphatic rings. The smallest absolute Gasteiger partial charge is 0.233 e. The number of ether oxygens (including phenoxy) is 1. The first-order chi connectivity index (χ1) is 11.2. The predicted molar refractivity (Wildman–Crippen MR) is 87.4 cm³/mol. The number of allylic oxidation sites excluding steroid dienone is 2. The molecular weight excluding hydrogens is 290 g/mol. The molecule has 1 aromatic carbocycles. The summed E-state index contributed by atoms with van der Waals surface area (Å²) in [6, 6.07) is 10.0. The Bertz CT molecular complexity index is 570. The number of hydrogen-bond donors (Lipinski definition) is 0. The van der Waals surface area contributed by atoms with Crippen molar-refractivity contribution in [3.05, 3.63) is 48.0 Å². The molecule has 1 aromatic rings. The van der Waals surface area contributed by atoms with Crippen molar-refractivity contribution in [1.29, 1.82) is 0 Å². The van der Waals surface area contributed by atoms with Crippen molar-refractivity contribution in [3.8, 4) is 0 Å². The van der Waals surface area contributed by atoms with Crippen molar-refractivity contribution in [2.75, 3.05) is 6.54 Å². The molecule has 0 saturated carbocycles. The van der Waals surface area contributed by atoms with Gasteiger partial charge in [-0.25, -0.2) is 0 Å². The summed E-state index contributed by atoms with van der Waals surface area (Å²) in [6.45, 7) is 3.00. The highest BCUT2D eigenvalue weighted by Gasteiger charge is 2.46. The first-order valence-electron chi connectivity index (χ1n) is 8.32. The molecule has 0 radical (unpaired) electrons. The van der Waals surface area contributed by atoms with E-state index in [-0.39, 0.29) is 29.8 Å². The standard InChI is InChI=1S/C19H23NO3/c1-14(23-13-15-7-3-2-4-8-15)11-12-20-18(21)16-9-5-6-10-17(16)19(20)22/h2-8,14,16-17H,9-13H2,1H3/t14-,16-,17+/m0/s1. The maximum atomic E-state index is 12.4. The number of rotatable bonds is 6. The molecule has 3 rings (SSSR count). The van der Waals surface area contributed by atoms with E-state index in [1.165, 1.54) is 4.90 Å². The number of hydrogen-bond acceptors (Lipinski definition) is 3. The molecule has 0 spiro atoms. The van der Waals surface area contributed by atoms with Crippen molar-refractivity contribution < 1.29 is 14.3 Å². The van der Waals surface area contributed by atoms with Crippen LogP contribution in [0.3, 0.4) is 0 Å². The van der Waals surface area contributed by atoms with Crippen LogP contribution in [0.15, 0.2) is 42.5 Å². The quantitative estimate of drug-likeness (QED) is 0.599. The molecule has 23 heavy (non-hydrogen) atoms. The van der Waals surface area contributed by atoms with E-state index < -0.39 is 0 Å². The van der Waals surface area contributed by atoms with E-state index >= 15 is 0 Å². The van der Waals surface area contributed by atoms with E-state index in [2.05, 4.69) is 0 Å². The van der Waals surface area contributed by atoms with Crippen LogP contribution in [-0.2, 0) is 20.9 Å². The molecule has 1 saturated heterocycles. The molecule has 122 valence electrons. The summed E-state index contributed by atoms with van der Waals surface area (Å²) in [4.78, 5) is 26.2. The third kappa shape index (κ3) is 3.53. The molecule has 1 aliphatic heterocycles. The van der Waals surface area contributed by atoms with Crippen LogP contribution in [0.2, 0.25) is 0 Å². The molecule has 3 atom stereocenters. The van der Waals surface area contributed by atoms with Crippen molar-refractivity contribution in [1.82, 2.24) is 4.90 Å². The summed E-state index contributed by atoms with van der Waals surface area (Å²) in [7, 11) is 0. The topological polar surface area (TPSA) is 46.6 Å². The summed E-state index contributed by atoms with van der Waals surface area (Å²) in [5.41, 5.74) is 1.13. The lowest BCUT2D eigenvalue weighted by atomic mass is 9.85. The normalized spacial score (nSPS) is 24.8. The van der Waals surface area contributed by atoms with Gasteiger partial charge in [0.1, 0.15) is 0 Å². The molecule has 4 nitrogen and oxygen atoms in total. The number of fused-ring (bicyclic) bond motifs is 1. The van der Waals surface area contributed by atoms with Gasteiger partial charge in [-0.05, 0) is 31.7 Å². The van der Waals surface area contributed by atoms with E-state index in [1.54, 1.807) is 0 Å². The van der Waals surface area contributed by atoms with Crippen molar-refractivity contribution in [2.45, 2.75) is 38.9 Å². The van der Waals surface area contributed by atoms with Crippen LogP contribution < -0.4 is 0 Å². The number of benzene rings is 1. The van der Waals surface area contributed by atoms with Crippen LogP contribution in [0, 0.1) is 11.8 Å². The fourth-order valence-corrected chi connectivity index (χ4v) is 3.30. The monoisotopic (exact) mass is 313 g/mol. The number of carbonyl (C=O) groups excluding carboxylic acids is 2. The Hall–Kier alpha value is -1.94. The lowest BCUT2D eigenvalue weighted by Gasteiger charge is -2.18. The second-order valence-corrected chi connectivity index (χ2v) is 6.38. The van der Waals surface area contributed by atoms with Crippen molar-refractivity contribution in [2.24, 2.45) is 11.8 Å². The molecule has 0 unspecified atom stereocenters. The van der Waals surface area contributed by atoms with Crippen LogP contribution in [0.25, 0.3) is 0 Å². The Balaban J connectivity index is 1.48. The summed E-state index contributed by atoms with van der Waals surface area (Å²) >= 11 is 0. The van der Waals surface area contributed by atoms with E-state index in [0.717, 1.165) is 5.56 Å². The average Bonchev–Trinajstić information content (AvgIpc) is 2.83. The summed E-state index contributed by atoms with van der Waals surface area (Å²) in [6.07, 6.45) is 6.12. The fourth-order valence-electron chi connectivity index (χ4n) is 3.30. The van der Waals surface area contributed by atoms with Gasteiger partial charge in [0.2, 0.25) is 11.8 Å². The highest BCUT2D eigenvalue weighted by Crippen LogP contribution is 2.35. The molecule has 0 bridgehead atoms. The van der Waals surface area contributed by atoms with Gasteiger partial charge in [-0.3, -0.25) is 14.5 Å². The van der Waals surface area contributed by atoms with Gasteiger partial charge in [-0.2, -0.15) is 0 Å². The number of nitrogens with zero attached hydrogens (tertiary/aromatic N) is 1. The van der Waals surface area contributed by atoms with E-state index in [1.807, 2.05) is 49.4 Å². The zero-order valence-electron chi connectivity index (χ0n) is 13.5. The second-order valence-electron chi connectivity index (χ2n) is 6.38. The largest absolute Gasteiger partial charge is 0.374 e. The maximum Gasteiger partial charge on any atom is 0.233 e. The number of imide groups is 1. The maximum absolute atomic E-state index is 12.4. The molecule has 1 heterocycles. The number of likely N-dealkylation sites (tertiary alicyclic amines) is 1. The Kier molecular flexibility index (Phi) is 4.91. The van der Waals surface area contributed by atoms with Crippen LogP contribution in [0.4, 0.5) is 0 Å². The first-order valence-corrected chi connectivity index (χ1v) is 8.32. The van der Waals surface area contributed by atoms with E-state index in [9.17, 15) is 9.59 Å². The van der Waals surface area contributed by atoms with Crippen LogP contribution in [-0.4, -0.2) is 29.4 Å².